The molecule has 0 aromatic heterocycles. The van der Waals surface area contributed by atoms with Crippen molar-refractivity contribution in [1.29, 1.82) is 0 Å². The van der Waals surface area contributed by atoms with Crippen LogP contribution in [0.5, 0.6) is 0 Å². The summed E-state index contributed by atoms with van der Waals surface area (Å²) >= 11 is 2.22. The molecule has 0 atom stereocenters. The fourth-order valence-corrected chi connectivity index (χ4v) is 2.43. The average Bonchev–Trinajstić information content (AvgIpc) is 2.28. The number of rotatable bonds is 1. The number of benzene rings is 1. The molecule has 1 aromatic carbocycles. The summed E-state index contributed by atoms with van der Waals surface area (Å²) in [5.74, 6) is 2.90. The molecule has 0 spiro atoms. The third-order valence-electron chi connectivity index (χ3n) is 2.34. The fourth-order valence-electron chi connectivity index (χ4n) is 1.30. The Morgan fingerprint density at radius 3 is 2.44 bits per heavy atom. The third kappa shape index (κ3) is 4.14. The van der Waals surface area contributed by atoms with Crippen LogP contribution in [0.4, 0.5) is 0 Å². The zero-order valence-corrected chi connectivity index (χ0v) is 14.5. The smallest absolute Gasteiger partial charge is 0.337 e. The molecule has 0 saturated heterocycles. The first-order valence-corrected chi connectivity index (χ1v) is 10.2. The van der Waals surface area contributed by atoms with Crippen molar-refractivity contribution in [2.75, 3.05) is 7.11 Å². The zero-order valence-electron chi connectivity index (χ0n) is 11.3. The maximum Gasteiger partial charge on any atom is 0.337 e. The highest BCUT2D eigenvalue weighted by Crippen LogP contribution is 2.19. The van der Waals surface area contributed by atoms with Crippen LogP contribution in [0.3, 0.4) is 0 Å². The van der Waals surface area contributed by atoms with Crippen LogP contribution in [-0.2, 0) is 4.74 Å². The van der Waals surface area contributed by atoms with Crippen molar-refractivity contribution in [3.8, 4) is 11.5 Å². The topological polar surface area (TPSA) is 26.3 Å². The lowest BCUT2D eigenvalue weighted by molar-refractivity contribution is 0.0600. The largest absolute Gasteiger partial charge is 0.465 e. The molecule has 0 heterocycles. The number of carbonyl (C=O) groups is 1. The van der Waals surface area contributed by atoms with E-state index in [1.165, 1.54) is 7.11 Å². The molecule has 96 valence electrons. The van der Waals surface area contributed by atoms with E-state index in [-0.39, 0.29) is 5.97 Å². The van der Waals surface area contributed by atoms with Crippen molar-refractivity contribution in [3.63, 3.8) is 0 Å². The summed E-state index contributed by atoms with van der Waals surface area (Å²) in [6.45, 7) is 8.62. The summed E-state index contributed by atoms with van der Waals surface area (Å²) in [6, 6.07) is 3.65. The molecule has 1 aromatic rings. The molecule has 0 aliphatic heterocycles. The van der Waals surface area contributed by atoms with Crippen LogP contribution >= 0.6 is 22.6 Å². The fraction of sp³-hybridized carbons (Fsp3) is 0.357. The summed E-state index contributed by atoms with van der Waals surface area (Å²) in [5.41, 5.74) is 5.93. The predicted octanol–water partition coefficient (Wildman–Crippen LogP) is 3.62. The second-order valence-electron chi connectivity index (χ2n) is 5.12. The van der Waals surface area contributed by atoms with Gasteiger partial charge in [0.1, 0.15) is 8.07 Å². The summed E-state index contributed by atoms with van der Waals surface area (Å²) in [7, 11) is -0.0216. The van der Waals surface area contributed by atoms with Gasteiger partial charge in [0.05, 0.1) is 12.7 Å². The molecule has 0 aliphatic carbocycles. The maximum absolute atomic E-state index is 11.6. The van der Waals surface area contributed by atoms with Crippen LogP contribution in [0, 0.1) is 22.0 Å². The van der Waals surface area contributed by atoms with E-state index >= 15 is 0 Å². The molecule has 0 fully saturated rings. The van der Waals surface area contributed by atoms with E-state index in [0.717, 1.165) is 14.7 Å². The summed E-state index contributed by atoms with van der Waals surface area (Å²) in [4.78, 5) is 11.6. The van der Waals surface area contributed by atoms with Gasteiger partial charge in [-0.1, -0.05) is 25.6 Å². The van der Waals surface area contributed by atoms with Crippen LogP contribution < -0.4 is 0 Å². The Bertz CT molecular complexity index is 533. The van der Waals surface area contributed by atoms with E-state index in [4.69, 9.17) is 4.74 Å². The minimum atomic E-state index is -1.41. The van der Waals surface area contributed by atoms with Crippen LogP contribution in [-0.4, -0.2) is 21.2 Å². The van der Waals surface area contributed by atoms with Crippen molar-refractivity contribution < 1.29 is 9.53 Å². The normalized spacial score (nSPS) is 10.6. The summed E-state index contributed by atoms with van der Waals surface area (Å²) < 4.78 is 5.79. The number of halogens is 1. The number of hydrogen-bond acceptors (Lipinski definition) is 2. The lowest BCUT2D eigenvalue weighted by Crippen LogP contribution is -2.16. The molecule has 1 rings (SSSR count). The molecule has 0 unspecified atom stereocenters. The standard InChI is InChI=1S/C14H17IO2Si/c1-10-11(6-7-18(3,4)5)8-12(9-13(10)15)14(16)17-2/h8-9H,1-5H3. The van der Waals surface area contributed by atoms with Gasteiger partial charge < -0.3 is 4.74 Å². The van der Waals surface area contributed by atoms with E-state index in [9.17, 15) is 4.79 Å². The van der Waals surface area contributed by atoms with Crippen LogP contribution in [0.15, 0.2) is 12.1 Å². The lowest BCUT2D eigenvalue weighted by atomic mass is 10.1. The number of hydrogen-bond donors (Lipinski definition) is 0. The molecule has 4 heteroatoms. The van der Waals surface area contributed by atoms with Crippen molar-refractivity contribution in [3.05, 3.63) is 32.4 Å². The van der Waals surface area contributed by atoms with Gasteiger partial charge in [-0.2, -0.15) is 0 Å². The van der Waals surface area contributed by atoms with Gasteiger partial charge >= 0.3 is 5.97 Å². The van der Waals surface area contributed by atoms with Gasteiger partial charge in [-0.05, 0) is 47.2 Å². The highest BCUT2D eigenvalue weighted by molar-refractivity contribution is 14.1. The Labute approximate surface area is 123 Å². The highest BCUT2D eigenvalue weighted by Gasteiger charge is 2.12. The first-order chi connectivity index (χ1) is 8.24. The van der Waals surface area contributed by atoms with Crippen molar-refractivity contribution in [2.24, 2.45) is 0 Å². The average molecular weight is 372 g/mol. The minimum Gasteiger partial charge on any atom is -0.465 e. The van der Waals surface area contributed by atoms with Crippen molar-refractivity contribution >= 4 is 36.6 Å². The molecule has 0 aliphatic rings. The van der Waals surface area contributed by atoms with E-state index < -0.39 is 8.07 Å². The summed E-state index contributed by atoms with van der Waals surface area (Å²) in [6.07, 6.45) is 0. The van der Waals surface area contributed by atoms with Gasteiger partial charge in [-0.25, -0.2) is 4.79 Å². The molecule has 18 heavy (non-hydrogen) atoms. The number of ether oxygens (including phenoxy) is 1. The van der Waals surface area contributed by atoms with E-state index in [1.807, 2.05) is 19.1 Å². The Hall–Kier alpha value is -0.803. The number of esters is 1. The number of carbonyl (C=O) groups excluding carboxylic acids is 1. The Balaban J connectivity index is 3.30. The molecule has 0 N–H and O–H groups in total. The molecule has 0 bridgehead atoms. The van der Waals surface area contributed by atoms with Gasteiger partial charge in [0.25, 0.3) is 0 Å². The molecule has 0 saturated carbocycles. The Morgan fingerprint density at radius 1 is 1.33 bits per heavy atom. The van der Waals surface area contributed by atoms with Crippen LogP contribution in [0.1, 0.15) is 21.5 Å². The first-order valence-electron chi connectivity index (χ1n) is 5.66. The SMILES string of the molecule is COC(=O)c1cc(I)c(C)c(C#C[Si](C)(C)C)c1. The minimum absolute atomic E-state index is 0.316. The summed E-state index contributed by atoms with van der Waals surface area (Å²) in [5, 5.41) is 0. The Morgan fingerprint density at radius 2 is 1.94 bits per heavy atom. The molecule has 0 amide bonds. The van der Waals surface area contributed by atoms with Gasteiger partial charge in [0.2, 0.25) is 0 Å². The molecule has 2 nitrogen and oxygen atoms in total. The quantitative estimate of drug-likeness (QED) is 0.326. The third-order valence-corrected chi connectivity index (χ3v) is 4.33. The lowest BCUT2D eigenvalue weighted by Gasteiger charge is -2.07. The van der Waals surface area contributed by atoms with Gasteiger partial charge in [-0.3, -0.25) is 0 Å². The maximum atomic E-state index is 11.6. The molecule has 0 radical (unpaired) electrons. The predicted molar refractivity (Wildman–Crippen MR) is 85.5 cm³/mol. The van der Waals surface area contributed by atoms with Crippen LogP contribution in [0.2, 0.25) is 19.6 Å². The number of methoxy groups -OCH3 is 1. The van der Waals surface area contributed by atoms with Gasteiger partial charge in [0.15, 0.2) is 0 Å². The van der Waals surface area contributed by atoms with E-state index in [2.05, 4.69) is 53.7 Å². The Kier molecular flexibility index (Phi) is 4.99. The molecular weight excluding hydrogens is 355 g/mol. The molecular formula is C14H17IO2Si. The second kappa shape index (κ2) is 5.89. The van der Waals surface area contributed by atoms with Gasteiger partial charge in [0, 0.05) is 9.13 Å². The second-order valence-corrected chi connectivity index (χ2v) is 11.0. The van der Waals surface area contributed by atoms with Gasteiger partial charge in [-0.15, -0.1) is 5.54 Å². The van der Waals surface area contributed by atoms with Crippen LogP contribution in [0.25, 0.3) is 0 Å². The monoisotopic (exact) mass is 372 g/mol. The zero-order chi connectivity index (χ0) is 13.9. The van der Waals surface area contributed by atoms with Crippen molar-refractivity contribution in [1.82, 2.24) is 0 Å². The van der Waals surface area contributed by atoms with E-state index in [0.29, 0.717) is 5.56 Å². The van der Waals surface area contributed by atoms with E-state index in [1.54, 1.807) is 0 Å². The first kappa shape index (κ1) is 15.3. The highest BCUT2D eigenvalue weighted by atomic mass is 127. The van der Waals surface area contributed by atoms with Crippen molar-refractivity contribution in [2.45, 2.75) is 26.6 Å².